The second kappa shape index (κ2) is 10.4. The number of aromatic nitrogens is 2. The number of hydrogen-bond acceptors (Lipinski definition) is 6. The molecular weight excluding hydrogens is 520 g/mol. The highest BCUT2D eigenvalue weighted by Gasteiger charge is 2.61. The second-order valence-electron chi connectivity index (χ2n) is 8.40. The molecule has 3 heterocycles. The van der Waals surface area contributed by atoms with Crippen molar-refractivity contribution < 1.29 is 45.4 Å². The van der Waals surface area contributed by atoms with Crippen LogP contribution in [0.4, 0.5) is 32.0 Å². The van der Waals surface area contributed by atoms with Gasteiger partial charge in [-0.1, -0.05) is 6.07 Å². The van der Waals surface area contributed by atoms with Crippen LogP contribution in [0.3, 0.4) is 0 Å². The molecule has 4 rings (SSSR count). The number of nitrogens with one attached hydrogen (secondary N) is 1. The van der Waals surface area contributed by atoms with Crippen LogP contribution in [0.25, 0.3) is 11.3 Å². The maximum Gasteiger partial charge on any atom is 0.421 e. The van der Waals surface area contributed by atoms with E-state index in [4.69, 9.17) is 9.47 Å². The van der Waals surface area contributed by atoms with Gasteiger partial charge in [-0.25, -0.2) is 18.2 Å². The number of halogens is 6. The summed E-state index contributed by atoms with van der Waals surface area (Å²) in [5, 5.41) is 2.24. The van der Waals surface area contributed by atoms with Gasteiger partial charge in [0.15, 0.2) is 5.60 Å². The van der Waals surface area contributed by atoms with Gasteiger partial charge in [0, 0.05) is 31.5 Å². The normalized spacial score (nSPS) is 19.6. The lowest BCUT2D eigenvalue weighted by atomic mass is 9.83. The van der Waals surface area contributed by atoms with E-state index < -0.39 is 88.4 Å². The summed E-state index contributed by atoms with van der Waals surface area (Å²) in [6.07, 6.45) is -4.87. The molecular formula is C25H19F6N3O4. The number of hydrogen-bond donors (Lipinski definition) is 1. The molecule has 1 saturated heterocycles. The van der Waals surface area contributed by atoms with E-state index in [0.717, 1.165) is 55.7 Å². The van der Waals surface area contributed by atoms with E-state index in [9.17, 15) is 35.9 Å². The SMILES string of the molecule is CC(=O)O[C@H]1CCO[C@](c2ccncc2NC(=O)c2ccc(F)c(-c3c(F)cccc3F)n2)(C(F)(F)F)C1. The largest absolute Gasteiger partial charge is 0.462 e. The van der Waals surface area contributed by atoms with Crippen LogP contribution in [0.1, 0.15) is 35.8 Å². The van der Waals surface area contributed by atoms with Gasteiger partial charge in [0.05, 0.1) is 24.1 Å². The standard InChI is InChI=1S/C25H19F6N3O4/c1-13(35)38-14-8-10-37-24(11-14,25(29,30)31)15-7-9-32-12-20(15)34-23(36)19-6-5-18(28)22(33-19)21-16(26)3-2-4-17(21)27/h2-7,9,12,14H,8,10-11H2,1H3,(H,34,36)/t14-,24+/m0/s1. The number of esters is 1. The maximum atomic E-state index is 14.5. The molecule has 1 N–H and O–H groups in total. The molecule has 0 radical (unpaired) electrons. The first-order valence-electron chi connectivity index (χ1n) is 11.2. The van der Waals surface area contributed by atoms with Gasteiger partial charge >= 0.3 is 12.1 Å². The van der Waals surface area contributed by atoms with E-state index in [1.165, 1.54) is 0 Å². The predicted octanol–water partition coefficient (Wildman–Crippen LogP) is 5.31. The van der Waals surface area contributed by atoms with Gasteiger partial charge in [-0.15, -0.1) is 0 Å². The Kier molecular flexibility index (Phi) is 7.40. The summed E-state index contributed by atoms with van der Waals surface area (Å²) in [7, 11) is 0. The molecule has 1 amide bonds. The van der Waals surface area contributed by atoms with Gasteiger partial charge < -0.3 is 14.8 Å². The van der Waals surface area contributed by atoms with Crippen molar-refractivity contribution in [2.45, 2.75) is 37.6 Å². The number of carbonyl (C=O) groups is 2. The van der Waals surface area contributed by atoms with Crippen molar-refractivity contribution in [1.29, 1.82) is 0 Å². The molecule has 0 spiro atoms. The maximum absolute atomic E-state index is 14.5. The molecule has 13 heteroatoms. The smallest absolute Gasteiger partial charge is 0.421 e. The number of carbonyl (C=O) groups excluding carboxylic acids is 2. The Morgan fingerprint density at radius 1 is 1.08 bits per heavy atom. The Bertz CT molecular complexity index is 1360. The summed E-state index contributed by atoms with van der Waals surface area (Å²) in [6, 6.07) is 5.45. The first-order valence-corrected chi connectivity index (χ1v) is 11.2. The molecule has 1 aromatic carbocycles. The number of ether oxygens (including phenoxy) is 2. The number of nitrogens with zero attached hydrogens (tertiary/aromatic N) is 2. The molecule has 3 aromatic rings. The Labute approximate surface area is 211 Å². The Morgan fingerprint density at radius 3 is 2.45 bits per heavy atom. The quantitative estimate of drug-likeness (QED) is 0.349. The second-order valence-corrected chi connectivity index (χ2v) is 8.40. The van der Waals surface area contributed by atoms with E-state index in [0.29, 0.717) is 0 Å². The molecule has 0 bridgehead atoms. The third-order valence-electron chi connectivity index (χ3n) is 5.88. The van der Waals surface area contributed by atoms with Gasteiger partial charge in [-0.05, 0) is 30.3 Å². The zero-order valence-electron chi connectivity index (χ0n) is 19.6. The first kappa shape index (κ1) is 27.0. The lowest BCUT2D eigenvalue weighted by Crippen LogP contribution is -2.51. The number of anilines is 1. The molecule has 1 fully saturated rings. The minimum atomic E-state index is -5.00. The fourth-order valence-corrected chi connectivity index (χ4v) is 4.22. The third-order valence-corrected chi connectivity index (χ3v) is 5.88. The highest BCUT2D eigenvalue weighted by Crippen LogP contribution is 2.50. The van der Waals surface area contributed by atoms with Crippen molar-refractivity contribution in [3.63, 3.8) is 0 Å². The van der Waals surface area contributed by atoms with Crippen LogP contribution < -0.4 is 5.32 Å². The van der Waals surface area contributed by atoms with Crippen LogP contribution in [-0.4, -0.2) is 40.7 Å². The summed E-state index contributed by atoms with van der Waals surface area (Å²) >= 11 is 0. The topological polar surface area (TPSA) is 90.4 Å². The van der Waals surface area contributed by atoms with E-state index in [-0.39, 0.29) is 6.42 Å². The lowest BCUT2D eigenvalue weighted by molar-refractivity contribution is -0.307. The lowest BCUT2D eigenvalue weighted by Gasteiger charge is -2.42. The number of alkyl halides is 3. The number of rotatable bonds is 5. The van der Waals surface area contributed by atoms with Crippen LogP contribution in [0, 0.1) is 17.5 Å². The van der Waals surface area contributed by atoms with Crippen LogP contribution in [0.2, 0.25) is 0 Å². The van der Waals surface area contributed by atoms with Crippen LogP contribution >= 0.6 is 0 Å². The molecule has 200 valence electrons. The van der Waals surface area contributed by atoms with Crippen LogP contribution in [0.15, 0.2) is 48.8 Å². The van der Waals surface area contributed by atoms with E-state index >= 15 is 0 Å². The molecule has 1 aliphatic rings. The number of pyridine rings is 2. The summed E-state index contributed by atoms with van der Waals surface area (Å²) < 4.78 is 96.5. The molecule has 0 unspecified atom stereocenters. The fourth-order valence-electron chi connectivity index (χ4n) is 4.22. The van der Waals surface area contributed by atoms with Crippen molar-refractivity contribution in [2.24, 2.45) is 0 Å². The average molecular weight is 539 g/mol. The monoisotopic (exact) mass is 539 g/mol. The highest BCUT2D eigenvalue weighted by atomic mass is 19.4. The molecule has 2 atom stereocenters. The number of amides is 1. The van der Waals surface area contributed by atoms with Gasteiger partial charge in [-0.3, -0.25) is 14.6 Å². The van der Waals surface area contributed by atoms with Crippen molar-refractivity contribution >= 4 is 17.6 Å². The third kappa shape index (κ3) is 5.19. The van der Waals surface area contributed by atoms with Gasteiger partial charge in [-0.2, -0.15) is 13.2 Å². The van der Waals surface area contributed by atoms with E-state index in [1.54, 1.807) is 0 Å². The molecule has 0 aliphatic carbocycles. The summed E-state index contributed by atoms with van der Waals surface area (Å²) in [5.74, 6) is -5.27. The molecule has 1 aliphatic heterocycles. The van der Waals surface area contributed by atoms with Crippen molar-refractivity contribution in [3.8, 4) is 11.3 Å². The minimum absolute atomic E-state index is 0.0269. The van der Waals surface area contributed by atoms with Crippen LogP contribution in [0.5, 0.6) is 0 Å². The zero-order chi connectivity index (χ0) is 27.7. The zero-order valence-corrected chi connectivity index (χ0v) is 19.6. The number of benzene rings is 1. The average Bonchev–Trinajstić information content (AvgIpc) is 2.84. The summed E-state index contributed by atoms with van der Waals surface area (Å²) in [6.45, 7) is 0.671. The highest BCUT2D eigenvalue weighted by molar-refractivity contribution is 6.03. The first-order chi connectivity index (χ1) is 17.9. The van der Waals surface area contributed by atoms with Gasteiger partial charge in [0.2, 0.25) is 0 Å². The predicted molar refractivity (Wildman–Crippen MR) is 120 cm³/mol. The van der Waals surface area contributed by atoms with Gasteiger partial charge in [0.25, 0.3) is 5.91 Å². The Balaban J connectivity index is 1.72. The van der Waals surface area contributed by atoms with E-state index in [1.807, 2.05) is 0 Å². The molecule has 2 aromatic heterocycles. The van der Waals surface area contributed by atoms with Crippen molar-refractivity contribution in [2.75, 3.05) is 11.9 Å². The van der Waals surface area contributed by atoms with Crippen LogP contribution in [-0.2, 0) is 19.9 Å². The Morgan fingerprint density at radius 2 is 1.79 bits per heavy atom. The minimum Gasteiger partial charge on any atom is -0.462 e. The molecule has 38 heavy (non-hydrogen) atoms. The molecule has 0 saturated carbocycles. The van der Waals surface area contributed by atoms with Crippen molar-refractivity contribution in [3.05, 3.63) is 77.5 Å². The fraction of sp³-hybridized carbons (Fsp3) is 0.280. The summed E-state index contributed by atoms with van der Waals surface area (Å²) in [4.78, 5) is 31.8. The summed E-state index contributed by atoms with van der Waals surface area (Å²) in [5.41, 5.74) is -6.05. The van der Waals surface area contributed by atoms with E-state index in [2.05, 4.69) is 15.3 Å². The Hall–Kier alpha value is -4.00. The van der Waals surface area contributed by atoms with Crippen molar-refractivity contribution in [1.82, 2.24) is 9.97 Å². The molecule has 7 nitrogen and oxygen atoms in total. The van der Waals surface area contributed by atoms with Gasteiger partial charge in [0.1, 0.15) is 34.9 Å².